The van der Waals surface area contributed by atoms with E-state index in [-0.39, 0.29) is 29.3 Å². The zero-order chi connectivity index (χ0) is 28.1. The molecular weight excluding hydrogens is 490 g/mol. The van der Waals surface area contributed by atoms with Crippen molar-refractivity contribution >= 4 is 6.09 Å². The summed E-state index contributed by atoms with van der Waals surface area (Å²) in [5.41, 5.74) is 0.241. The van der Waals surface area contributed by atoms with Crippen LogP contribution in [0.3, 0.4) is 0 Å². The van der Waals surface area contributed by atoms with Gasteiger partial charge in [0.1, 0.15) is 5.60 Å². The van der Waals surface area contributed by atoms with E-state index in [4.69, 9.17) is 18.9 Å². The Labute approximate surface area is 238 Å². The summed E-state index contributed by atoms with van der Waals surface area (Å²) < 4.78 is 25.4. The maximum absolute atomic E-state index is 12.4. The molecule has 2 saturated heterocycles. The lowest BCUT2D eigenvalue weighted by Crippen LogP contribution is -2.63. The first kappa shape index (κ1) is 29.6. The van der Waals surface area contributed by atoms with Crippen LogP contribution in [0.15, 0.2) is 0 Å². The van der Waals surface area contributed by atoms with Crippen molar-refractivity contribution in [3.63, 3.8) is 0 Å². The molecule has 2 heterocycles. The molecule has 1 unspecified atom stereocenters. The van der Waals surface area contributed by atoms with Crippen LogP contribution >= 0.6 is 0 Å². The van der Waals surface area contributed by atoms with E-state index in [0.717, 1.165) is 52.0 Å². The molecule has 6 atom stereocenters. The molecule has 6 nitrogen and oxygen atoms in total. The van der Waals surface area contributed by atoms with Gasteiger partial charge in [0.05, 0.1) is 18.8 Å². The number of rotatable bonds is 5. The van der Waals surface area contributed by atoms with E-state index in [9.17, 15) is 4.79 Å². The third kappa shape index (κ3) is 6.04. The summed E-state index contributed by atoms with van der Waals surface area (Å²) >= 11 is 0. The first-order valence-electron chi connectivity index (χ1n) is 16.2. The van der Waals surface area contributed by atoms with Crippen LogP contribution in [0.1, 0.15) is 119 Å². The number of piperidine rings is 1. The molecule has 0 aromatic rings. The normalized spacial score (nSPS) is 39.7. The van der Waals surface area contributed by atoms with Crippen molar-refractivity contribution in [2.24, 2.45) is 34.0 Å². The average molecular weight is 548 g/mol. The number of carbonyl (C=O) groups is 1. The third-order valence-electron chi connectivity index (χ3n) is 11.6. The van der Waals surface area contributed by atoms with Crippen LogP contribution in [0.25, 0.3) is 0 Å². The molecule has 3 aliphatic carbocycles. The molecule has 224 valence electrons. The van der Waals surface area contributed by atoms with E-state index in [1.165, 1.54) is 44.9 Å². The molecule has 0 N–H and O–H groups in total. The predicted molar refractivity (Wildman–Crippen MR) is 153 cm³/mol. The van der Waals surface area contributed by atoms with Crippen LogP contribution < -0.4 is 0 Å². The summed E-state index contributed by atoms with van der Waals surface area (Å²) in [6, 6.07) is 0. The Morgan fingerprint density at radius 3 is 2.28 bits per heavy atom. The van der Waals surface area contributed by atoms with Crippen molar-refractivity contribution in [3.8, 4) is 0 Å². The molecule has 5 fully saturated rings. The molecule has 0 spiro atoms. The van der Waals surface area contributed by atoms with Gasteiger partial charge in [-0.1, -0.05) is 40.5 Å². The largest absolute Gasteiger partial charge is 0.444 e. The lowest BCUT2D eigenvalue weighted by Gasteiger charge is -2.65. The number of fused-ring (bicyclic) bond motifs is 3. The van der Waals surface area contributed by atoms with Gasteiger partial charge in [-0.2, -0.15) is 0 Å². The molecule has 5 rings (SSSR count). The lowest BCUT2D eigenvalue weighted by atomic mass is 9.42. The zero-order valence-corrected chi connectivity index (χ0v) is 26.1. The van der Waals surface area contributed by atoms with E-state index in [2.05, 4.69) is 27.7 Å². The fourth-order valence-corrected chi connectivity index (χ4v) is 9.54. The number of carbonyl (C=O) groups excluding carboxylic acids is 1. The zero-order valence-electron chi connectivity index (χ0n) is 26.1. The summed E-state index contributed by atoms with van der Waals surface area (Å²) in [7, 11) is 0. The Morgan fingerprint density at radius 1 is 0.923 bits per heavy atom. The molecule has 0 bridgehead atoms. The first-order chi connectivity index (χ1) is 18.3. The van der Waals surface area contributed by atoms with Crippen LogP contribution in [-0.4, -0.2) is 61.4 Å². The second-order valence-electron chi connectivity index (χ2n) is 15.9. The van der Waals surface area contributed by atoms with Gasteiger partial charge in [-0.3, -0.25) is 0 Å². The van der Waals surface area contributed by atoms with E-state index < -0.39 is 5.60 Å². The molecule has 1 amide bonds. The van der Waals surface area contributed by atoms with Crippen LogP contribution in [0, 0.1) is 34.0 Å². The molecule has 0 aromatic carbocycles. The molecule has 0 aromatic heterocycles. The smallest absolute Gasteiger partial charge is 0.410 e. The van der Waals surface area contributed by atoms with E-state index in [1.54, 1.807) is 0 Å². The van der Waals surface area contributed by atoms with Gasteiger partial charge in [-0.05, 0) is 101 Å². The van der Waals surface area contributed by atoms with Gasteiger partial charge in [0, 0.05) is 31.0 Å². The number of hydrogen-bond donors (Lipinski definition) is 0. The van der Waals surface area contributed by atoms with Crippen LogP contribution in [0.5, 0.6) is 0 Å². The molecule has 6 heteroatoms. The van der Waals surface area contributed by atoms with E-state index in [1.807, 2.05) is 25.7 Å². The minimum Gasteiger partial charge on any atom is -0.444 e. The van der Waals surface area contributed by atoms with Gasteiger partial charge in [0.2, 0.25) is 0 Å². The fraction of sp³-hybridized carbons (Fsp3) is 0.970. The molecular formula is C33H57NO5. The average Bonchev–Trinajstić information content (AvgIpc) is 3.39. The second-order valence-corrected chi connectivity index (χ2v) is 15.9. The molecule has 5 aliphatic rings. The van der Waals surface area contributed by atoms with Crippen LogP contribution in [0.4, 0.5) is 4.79 Å². The van der Waals surface area contributed by atoms with E-state index in [0.29, 0.717) is 29.3 Å². The maximum atomic E-state index is 12.4. The number of amides is 1. The van der Waals surface area contributed by atoms with E-state index >= 15 is 0 Å². The quantitative estimate of drug-likeness (QED) is 0.355. The molecule has 0 radical (unpaired) electrons. The Kier molecular flexibility index (Phi) is 8.43. The SMILES string of the molecule is CC(C)(C)OC(=O)N1CCC(OCC[C@@H]2C(C)(C)CCC3[C@]4(C)CO[C@@H](C5CCCC5)O[C@@H]4CC[C@]32C)CC1. The van der Waals surface area contributed by atoms with Crippen molar-refractivity contribution in [2.75, 3.05) is 26.3 Å². The summed E-state index contributed by atoms with van der Waals surface area (Å²) in [6.07, 6.45) is 13.4. The van der Waals surface area contributed by atoms with Gasteiger partial charge in [-0.25, -0.2) is 4.79 Å². The summed E-state index contributed by atoms with van der Waals surface area (Å²) in [6.45, 7) is 18.9. The summed E-state index contributed by atoms with van der Waals surface area (Å²) in [4.78, 5) is 14.3. The Bertz CT molecular complexity index is 855. The maximum Gasteiger partial charge on any atom is 0.410 e. The predicted octanol–water partition coefficient (Wildman–Crippen LogP) is 7.58. The monoisotopic (exact) mass is 547 g/mol. The van der Waals surface area contributed by atoms with Crippen LogP contribution in [0.2, 0.25) is 0 Å². The highest BCUT2D eigenvalue weighted by molar-refractivity contribution is 5.68. The third-order valence-corrected chi connectivity index (χ3v) is 11.6. The molecule has 3 saturated carbocycles. The second kappa shape index (κ2) is 11.1. The van der Waals surface area contributed by atoms with Gasteiger partial charge < -0.3 is 23.8 Å². The number of hydrogen-bond acceptors (Lipinski definition) is 5. The van der Waals surface area contributed by atoms with Crippen molar-refractivity contribution in [1.82, 2.24) is 4.90 Å². The van der Waals surface area contributed by atoms with Crippen molar-refractivity contribution in [2.45, 2.75) is 143 Å². The minimum absolute atomic E-state index is 0.0286. The lowest BCUT2D eigenvalue weighted by molar-refractivity contribution is -0.322. The van der Waals surface area contributed by atoms with Crippen molar-refractivity contribution in [1.29, 1.82) is 0 Å². The molecule has 2 aliphatic heterocycles. The van der Waals surface area contributed by atoms with Crippen molar-refractivity contribution in [3.05, 3.63) is 0 Å². The Morgan fingerprint density at radius 2 is 1.62 bits per heavy atom. The minimum atomic E-state index is -0.449. The Balaban J connectivity index is 1.17. The highest BCUT2D eigenvalue weighted by atomic mass is 16.7. The van der Waals surface area contributed by atoms with Gasteiger partial charge >= 0.3 is 6.09 Å². The topological polar surface area (TPSA) is 57.2 Å². The fourth-order valence-electron chi connectivity index (χ4n) is 9.54. The number of ether oxygens (including phenoxy) is 4. The van der Waals surface area contributed by atoms with Crippen LogP contribution in [-0.2, 0) is 18.9 Å². The first-order valence-corrected chi connectivity index (χ1v) is 16.2. The highest BCUT2D eigenvalue weighted by Crippen LogP contribution is 2.66. The summed E-state index contributed by atoms with van der Waals surface area (Å²) in [5.74, 6) is 1.85. The highest BCUT2D eigenvalue weighted by Gasteiger charge is 2.62. The van der Waals surface area contributed by atoms with Gasteiger partial charge in [0.25, 0.3) is 0 Å². The molecule has 39 heavy (non-hydrogen) atoms. The standard InChI is InChI=1S/C33H57NO5/c1-30(2,3)39-29(35)34-19-14-24(15-20-34)36-21-16-25-31(4,5)17-12-26-32(25,6)18-13-27-33(26,7)22-37-28(38-27)23-10-8-9-11-23/h23-28H,8-22H2,1-7H3/t25-,26?,27-,28-,32+,33+/m1/s1. The Hall–Kier alpha value is -0.850. The van der Waals surface area contributed by atoms with Gasteiger partial charge in [0.15, 0.2) is 6.29 Å². The number of likely N-dealkylation sites (tertiary alicyclic amines) is 1. The van der Waals surface area contributed by atoms with Crippen molar-refractivity contribution < 1.29 is 23.7 Å². The number of nitrogens with zero attached hydrogens (tertiary/aromatic N) is 1. The van der Waals surface area contributed by atoms with Gasteiger partial charge in [-0.15, -0.1) is 0 Å². The summed E-state index contributed by atoms with van der Waals surface area (Å²) in [5, 5.41) is 0.